The number of aromatic nitrogens is 1. The van der Waals surface area contributed by atoms with Crippen LogP contribution in [0.5, 0.6) is 0 Å². The fourth-order valence-electron chi connectivity index (χ4n) is 2.32. The van der Waals surface area contributed by atoms with Crippen LogP contribution in [-0.4, -0.2) is 30.1 Å². The standard InChI is InChI=1S/C14H22N4O2/c1-2-20-9-13(19)17-11-7-8-12(18-14(11)15)16-10-5-3-4-6-10/h7-8,10H,2-6,9H2,1H3,(H,17,19)(H3,15,16,18). The first-order chi connectivity index (χ1) is 9.69. The van der Waals surface area contributed by atoms with E-state index in [0.29, 0.717) is 24.2 Å². The Morgan fingerprint density at radius 3 is 2.85 bits per heavy atom. The normalized spacial score (nSPS) is 15.2. The lowest BCUT2D eigenvalue weighted by Crippen LogP contribution is -2.20. The minimum atomic E-state index is -0.225. The van der Waals surface area contributed by atoms with E-state index in [1.165, 1.54) is 25.7 Å². The average molecular weight is 278 g/mol. The van der Waals surface area contributed by atoms with Gasteiger partial charge in [-0.2, -0.15) is 0 Å². The number of carbonyl (C=O) groups excluding carboxylic acids is 1. The van der Waals surface area contributed by atoms with Crippen LogP contribution in [0.1, 0.15) is 32.6 Å². The topological polar surface area (TPSA) is 89.3 Å². The zero-order valence-corrected chi connectivity index (χ0v) is 11.8. The quantitative estimate of drug-likeness (QED) is 0.740. The smallest absolute Gasteiger partial charge is 0.250 e. The van der Waals surface area contributed by atoms with Gasteiger partial charge < -0.3 is 21.1 Å². The number of ether oxygens (including phenoxy) is 1. The van der Waals surface area contributed by atoms with E-state index in [0.717, 1.165) is 5.82 Å². The van der Waals surface area contributed by atoms with Gasteiger partial charge in [-0.1, -0.05) is 12.8 Å². The molecule has 4 N–H and O–H groups in total. The molecule has 1 amide bonds. The van der Waals surface area contributed by atoms with Gasteiger partial charge in [0, 0.05) is 12.6 Å². The van der Waals surface area contributed by atoms with Gasteiger partial charge in [-0.05, 0) is 31.9 Å². The molecule has 1 aliphatic carbocycles. The summed E-state index contributed by atoms with van der Waals surface area (Å²) < 4.78 is 5.03. The molecule has 0 spiro atoms. The van der Waals surface area contributed by atoms with Crippen LogP contribution in [0.25, 0.3) is 0 Å². The lowest BCUT2D eigenvalue weighted by atomic mass is 10.2. The molecule has 0 aromatic carbocycles. The summed E-state index contributed by atoms with van der Waals surface area (Å²) in [5.74, 6) is 0.854. The van der Waals surface area contributed by atoms with Crippen molar-refractivity contribution >= 4 is 23.2 Å². The third-order valence-corrected chi connectivity index (χ3v) is 3.34. The van der Waals surface area contributed by atoms with Crippen LogP contribution < -0.4 is 16.4 Å². The maximum absolute atomic E-state index is 11.6. The molecule has 0 radical (unpaired) electrons. The van der Waals surface area contributed by atoms with Crippen LogP contribution in [-0.2, 0) is 9.53 Å². The Bertz CT molecular complexity index is 458. The molecule has 0 atom stereocenters. The molecule has 1 heterocycles. The second-order valence-corrected chi connectivity index (χ2v) is 4.94. The summed E-state index contributed by atoms with van der Waals surface area (Å²) in [6, 6.07) is 4.09. The van der Waals surface area contributed by atoms with Gasteiger partial charge in [0.05, 0.1) is 5.69 Å². The molecule has 2 rings (SSSR count). The van der Waals surface area contributed by atoms with E-state index >= 15 is 0 Å². The summed E-state index contributed by atoms with van der Waals surface area (Å²) in [6.45, 7) is 2.37. The van der Waals surface area contributed by atoms with Crippen LogP contribution in [0.15, 0.2) is 12.1 Å². The number of nitrogens with zero attached hydrogens (tertiary/aromatic N) is 1. The predicted octanol–water partition coefficient (Wildman–Crippen LogP) is 1.99. The van der Waals surface area contributed by atoms with E-state index in [-0.39, 0.29) is 12.5 Å². The van der Waals surface area contributed by atoms with Crippen molar-refractivity contribution in [3.63, 3.8) is 0 Å². The molecule has 0 saturated heterocycles. The summed E-state index contributed by atoms with van der Waals surface area (Å²) in [7, 11) is 0. The van der Waals surface area contributed by atoms with Crippen LogP contribution in [0.3, 0.4) is 0 Å². The SMILES string of the molecule is CCOCC(=O)Nc1ccc(NC2CCCC2)nc1N. The Morgan fingerprint density at radius 1 is 1.45 bits per heavy atom. The molecule has 0 bridgehead atoms. The minimum absolute atomic E-state index is 0.0258. The lowest BCUT2D eigenvalue weighted by Gasteiger charge is -2.14. The number of pyridine rings is 1. The van der Waals surface area contributed by atoms with Crippen molar-refractivity contribution in [2.45, 2.75) is 38.6 Å². The Balaban J connectivity index is 1.92. The first kappa shape index (κ1) is 14.6. The fourth-order valence-corrected chi connectivity index (χ4v) is 2.32. The van der Waals surface area contributed by atoms with Crippen molar-refractivity contribution in [2.75, 3.05) is 29.6 Å². The summed E-state index contributed by atoms with van der Waals surface area (Å²) in [4.78, 5) is 15.8. The predicted molar refractivity (Wildman–Crippen MR) is 79.7 cm³/mol. The molecular formula is C14H22N4O2. The summed E-state index contributed by atoms with van der Waals surface area (Å²) in [5, 5.41) is 6.05. The summed E-state index contributed by atoms with van der Waals surface area (Å²) in [6.07, 6.45) is 4.88. The molecule has 20 heavy (non-hydrogen) atoms. The van der Waals surface area contributed by atoms with Gasteiger partial charge >= 0.3 is 0 Å². The Kier molecular flexibility index (Phi) is 5.17. The third kappa shape index (κ3) is 4.09. The van der Waals surface area contributed by atoms with E-state index in [9.17, 15) is 4.79 Å². The van der Waals surface area contributed by atoms with Crippen molar-refractivity contribution in [3.05, 3.63) is 12.1 Å². The van der Waals surface area contributed by atoms with Crippen molar-refractivity contribution in [1.29, 1.82) is 0 Å². The van der Waals surface area contributed by atoms with Gasteiger partial charge in [0.2, 0.25) is 5.91 Å². The minimum Gasteiger partial charge on any atom is -0.382 e. The van der Waals surface area contributed by atoms with E-state index in [1.807, 2.05) is 13.0 Å². The number of hydrogen-bond acceptors (Lipinski definition) is 5. The fraction of sp³-hybridized carbons (Fsp3) is 0.571. The van der Waals surface area contributed by atoms with Gasteiger partial charge in [-0.3, -0.25) is 4.79 Å². The molecule has 0 unspecified atom stereocenters. The highest BCUT2D eigenvalue weighted by molar-refractivity contribution is 5.94. The molecule has 110 valence electrons. The molecule has 1 fully saturated rings. The van der Waals surface area contributed by atoms with E-state index < -0.39 is 0 Å². The second-order valence-electron chi connectivity index (χ2n) is 4.94. The zero-order valence-electron chi connectivity index (χ0n) is 11.8. The number of nitrogens with one attached hydrogen (secondary N) is 2. The Morgan fingerprint density at radius 2 is 2.20 bits per heavy atom. The highest BCUT2D eigenvalue weighted by Crippen LogP contribution is 2.24. The largest absolute Gasteiger partial charge is 0.382 e. The molecule has 1 aliphatic rings. The third-order valence-electron chi connectivity index (χ3n) is 3.34. The van der Waals surface area contributed by atoms with Crippen LogP contribution in [0.4, 0.5) is 17.3 Å². The number of rotatable bonds is 6. The maximum Gasteiger partial charge on any atom is 0.250 e. The number of anilines is 3. The van der Waals surface area contributed by atoms with Crippen LogP contribution >= 0.6 is 0 Å². The first-order valence-electron chi connectivity index (χ1n) is 7.09. The molecule has 6 heteroatoms. The average Bonchev–Trinajstić information content (AvgIpc) is 2.92. The molecule has 1 aromatic rings. The van der Waals surface area contributed by atoms with Crippen molar-refractivity contribution < 1.29 is 9.53 Å². The van der Waals surface area contributed by atoms with Gasteiger partial charge in [0.15, 0.2) is 0 Å². The van der Waals surface area contributed by atoms with Crippen molar-refractivity contribution in [1.82, 2.24) is 4.98 Å². The van der Waals surface area contributed by atoms with Gasteiger partial charge in [-0.15, -0.1) is 0 Å². The number of hydrogen-bond donors (Lipinski definition) is 3. The lowest BCUT2D eigenvalue weighted by molar-refractivity contribution is -0.120. The summed E-state index contributed by atoms with van der Waals surface area (Å²) >= 11 is 0. The number of carbonyl (C=O) groups is 1. The van der Waals surface area contributed by atoms with Crippen LogP contribution in [0.2, 0.25) is 0 Å². The Hall–Kier alpha value is -1.82. The highest BCUT2D eigenvalue weighted by Gasteiger charge is 2.15. The van der Waals surface area contributed by atoms with Gasteiger partial charge in [-0.25, -0.2) is 4.98 Å². The van der Waals surface area contributed by atoms with E-state index in [2.05, 4.69) is 15.6 Å². The molecular weight excluding hydrogens is 256 g/mol. The number of amides is 1. The van der Waals surface area contributed by atoms with E-state index in [4.69, 9.17) is 10.5 Å². The summed E-state index contributed by atoms with van der Waals surface area (Å²) in [5.41, 5.74) is 6.39. The van der Waals surface area contributed by atoms with E-state index in [1.54, 1.807) is 6.07 Å². The molecule has 1 aromatic heterocycles. The monoisotopic (exact) mass is 278 g/mol. The van der Waals surface area contributed by atoms with Crippen molar-refractivity contribution in [3.8, 4) is 0 Å². The number of nitrogen functional groups attached to an aromatic ring is 1. The second kappa shape index (κ2) is 7.09. The maximum atomic E-state index is 11.6. The highest BCUT2D eigenvalue weighted by atomic mass is 16.5. The zero-order chi connectivity index (χ0) is 14.4. The van der Waals surface area contributed by atoms with Crippen molar-refractivity contribution in [2.24, 2.45) is 0 Å². The van der Waals surface area contributed by atoms with Gasteiger partial charge in [0.25, 0.3) is 0 Å². The van der Waals surface area contributed by atoms with Gasteiger partial charge in [0.1, 0.15) is 18.2 Å². The van der Waals surface area contributed by atoms with Crippen LogP contribution in [0, 0.1) is 0 Å². The first-order valence-corrected chi connectivity index (χ1v) is 7.09. The molecule has 1 saturated carbocycles. The Labute approximate surface area is 119 Å². The number of nitrogens with two attached hydrogens (primary N) is 1. The molecule has 0 aliphatic heterocycles. The molecule has 6 nitrogen and oxygen atoms in total.